The summed E-state index contributed by atoms with van der Waals surface area (Å²) in [6, 6.07) is 12.3. The lowest BCUT2D eigenvalue weighted by Gasteiger charge is -2.06. The molecule has 0 amide bonds. The highest BCUT2D eigenvalue weighted by molar-refractivity contribution is 14.0. The number of halogens is 2. The first-order chi connectivity index (χ1) is 10.2. The highest BCUT2D eigenvalue weighted by Crippen LogP contribution is 2.02. The van der Waals surface area contributed by atoms with Crippen molar-refractivity contribution >= 4 is 29.9 Å². The van der Waals surface area contributed by atoms with Gasteiger partial charge in [-0.15, -0.1) is 24.0 Å². The summed E-state index contributed by atoms with van der Waals surface area (Å²) in [7, 11) is 0. The minimum atomic E-state index is -0.220. The number of hydrogen-bond donors (Lipinski definition) is 2. The van der Waals surface area contributed by atoms with E-state index >= 15 is 0 Å². The summed E-state index contributed by atoms with van der Waals surface area (Å²) < 4.78 is 12.8. The van der Waals surface area contributed by atoms with E-state index in [1.807, 2.05) is 18.2 Å². The quantitative estimate of drug-likeness (QED) is 0.434. The van der Waals surface area contributed by atoms with Crippen LogP contribution in [0.5, 0.6) is 0 Å². The largest absolute Gasteiger partial charge is 0.370 e. The summed E-state index contributed by atoms with van der Waals surface area (Å²) in [4.78, 5) is 8.47. The molecule has 1 aromatic carbocycles. The third-order valence-corrected chi connectivity index (χ3v) is 3.01. The van der Waals surface area contributed by atoms with Crippen LogP contribution in [0.3, 0.4) is 0 Å². The van der Waals surface area contributed by atoms with Crippen molar-refractivity contribution in [3.63, 3.8) is 0 Å². The van der Waals surface area contributed by atoms with Crippen LogP contribution in [0.1, 0.15) is 11.3 Å². The fourth-order valence-corrected chi connectivity index (χ4v) is 1.88. The van der Waals surface area contributed by atoms with E-state index in [-0.39, 0.29) is 29.8 Å². The standard InChI is InChI=1S/C16H19FN4.HI/c17-14-6-4-13(5-7-14)8-11-20-16(18)21-12-9-15-3-1-2-10-19-15;/h1-7,10H,8-9,11-12H2,(H3,18,20,21);1H. The van der Waals surface area contributed by atoms with Gasteiger partial charge in [-0.25, -0.2) is 4.39 Å². The first kappa shape index (κ1) is 18.3. The molecular formula is C16H20FIN4. The van der Waals surface area contributed by atoms with Crippen molar-refractivity contribution < 1.29 is 4.39 Å². The van der Waals surface area contributed by atoms with Crippen LogP contribution < -0.4 is 11.1 Å². The van der Waals surface area contributed by atoms with Crippen LogP contribution >= 0.6 is 24.0 Å². The number of aromatic nitrogens is 1. The zero-order valence-corrected chi connectivity index (χ0v) is 14.5. The van der Waals surface area contributed by atoms with Gasteiger partial charge in [0.15, 0.2) is 5.96 Å². The average Bonchev–Trinajstić information content (AvgIpc) is 2.50. The van der Waals surface area contributed by atoms with E-state index in [0.29, 0.717) is 19.0 Å². The van der Waals surface area contributed by atoms with Crippen molar-refractivity contribution in [2.75, 3.05) is 13.1 Å². The monoisotopic (exact) mass is 414 g/mol. The molecule has 0 fully saturated rings. The van der Waals surface area contributed by atoms with Crippen LogP contribution in [0.2, 0.25) is 0 Å². The number of pyridine rings is 1. The number of guanidine groups is 1. The fourth-order valence-electron chi connectivity index (χ4n) is 1.88. The van der Waals surface area contributed by atoms with Crippen LogP contribution in [-0.4, -0.2) is 24.0 Å². The Balaban J connectivity index is 0.00000242. The summed E-state index contributed by atoms with van der Waals surface area (Å²) >= 11 is 0. The maximum Gasteiger partial charge on any atom is 0.188 e. The Morgan fingerprint density at radius 3 is 2.59 bits per heavy atom. The normalized spacial score (nSPS) is 10.9. The van der Waals surface area contributed by atoms with Crippen molar-refractivity contribution in [2.45, 2.75) is 12.8 Å². The van der Waals surface area contributed by atoms with Gasteiger partial charge in [-0.1, -0.05) is 18.2 Å². The molecule has 0 aliphatic carbocycles. The Bertz CT molecular complexity index is 572. The van der Waals surface area contributed by atoms with Gasteiger partial charge in [0.1, 0.15) is 5.82 Å². The van der Waals surface area contributed by atoms with Crippen LogP contribution in [0.15, 0.2) is 53.7 Å². The number of nitrogens with one attached hydrogen (secondary N) is 1. The molecule has 0 saturated carbocycles. The van der Waals surface area contributed by atoms with E-state index in [1.165, 1.54) is 12.1 Å². The van der Waals surface area contributed by atoms with Crippen LogP contribution in [0, 0.1) is 5.82 Å². The number of benzene rings is 1. The summed E-state index contributed by atoms with van der Waals surface area (Å²) in [5.41, 5.74) is 7.85. The van der Waals surface area contributed by atoms with Crippen molar-refractivity contribution in [3.8, 4) is 0 Å². The number of rotatable bonds is 6. The van der Waals surface area contributed by atoms with E-state index in [9.17, 15) is 4.39 Å². The van der Waals surface area contributed by atoms with Gasteiger partial charge in [-0.2, -0.15) is 0 Å². The maximum absolute atomic E-state index is 12.8. The highest BCUT2D eigenvalue weighted by atomic mass is 127. The zero-order valence-electron chi connectivity index (χ0n) is 12.2. The molecule has 1 heterocycles. The first-order valence-electron chi connectivity index (χ1n) is 6.92. The number of aliphatic imine (C=N–C) groups is 1. The minimum Gasteiger partial charge on any atom is -0.370 e. The average molecular weight is 414 g/mol. The number of nitrogens with zero attached hydrogens (tertiary/aromatic N) is 2. The molecule has 0 unspecified atom stereocenters. The van der Waals surface area contributed by atoms with Crippen molar-refractivity contribution in [2.24, 2.45) is 10.7 Å². The zero-order chi connectivity index (χ0) is 14.9. The SMILES string of the molecule is I.NC(=NCCc1ccccn1)NCCc1ccc(F)cc1. The second-order valence-corrected chi connectivity index (χ2v) is 4.64. The topological polar surface area (TPSA) is 63.3 Å². The number of hydrogen-bond acceptors (Lipinski definition) is 2. The summed E-state index contributed by atoms with van der Waals surface area (Å²) in [6.07, 6.45) is 3.31. The molecule has 2 aromatic rings. The van der Waals surface area contributed by atoms with E-state index < -0.39 is 0 Å². The molecule has 0 bridgehead atoms. The van der Waals surface area contributed by atoms with Gasteiger partial charge in [-0.3, -0.25) is 9.98 Å². The number of nitrogens with two attached hydrogens (primary N) is 1. The van der Waals surface area contributed by atoms with Crippen LogP contribution in [0.4, 0.5) is 4.39 Å². The van der Waals surface area contributed by atoms with Crippen LogP contribution in [0.25, 0.3) is 0 Å². The summed E-state index contributed by atoms with van der Waals surface area (Å²) in [5.74, 6) is 0.204. The van der Waals surface area contributed by atoms with Gasteiger partial charge in [0.2, 0.25) is 0 Å². The molecule has 0 aliphatic heterocycles. The Hall–Kier alpha value is -1.70. The molecule has 1 aromatic heterocycles. The molecule has 0 saturated heterocycles. The summed E-state index contributed by atoms with van der Waals surface area (Å²) in [5, 5.41) is 3.05. The predicted octanol–water partition coefficient (Wildman–Crippen LogP) is 2.53. The Labute approximate surface area is 147 Å². The molecule has 0 atom stereocenters. The molecule has 0 spiro atoms. The summed E-state index contributed by atoms with van der Waals surface area (Å²) in [6.45, 7) is 1.27. The van der Waals surface area contributed by atoms with E-state index in [4.69, 9.17) is 5.73 Å². The third-order valence-electron chi connectivity index (χ3n) is 3.01. The Kier molecular flexibility index (Phi) is 8.42. The fraction of sp³-hybridized carbons (Fsp3) is 0.250. The molecule has 0 radical (unpaired) electrons. The lowest BCUT2D eigenvalue weighted by molar-refractivity contribution is 0.627. The van der Waals surface area contributed by atoms with E-state index in [0.717, 1.165) is 24.1 Å². The second kappa shape index (κ2) is 10.1. The Morgan fingerprint density at radius 2 is 1.91 bits per heavy atom. The van der Waals surface area contributed by atoms with E-state index in [2.05, 4.69) is 15.3 Å². The van der Waals surface area contributed by atoms with Gasteiger partial charge in [-0.05, 0) is 36.2 Å². The molecule has 118 valence electrons. The highest BCUT2D eigenvalue weighted by Gasteiger charge is 1.96. The molecular weight excluding hydrogens is 394 g/mol. The third kappa shape index (κ3) is 6.84. The van der Waals surface area contributed by atoms with Gasteiger partial charge in [0.25, 0.3) is 0 Å². The van der Waals surface area contributed by atoms with Crippen molar-refractivity contribution in [1.82, 2.24) is 10.3 Å². The molecule has 0 aliphatic rings. The van der Waals surface area contributed by atoms with Gasteiger partial charge >= 0.3 is 0 Å². The lowest BCUT2D eigenvalue weighted by Crippen LogP contribution is -2.33. The molecule has 4 nitrogen and oxygen atoms in total. The van der Waals surface area contributed by atoms with Crippen molar-refractivity contribution in [1.29, 1.82) is 0 Å². The predicted molar refractivity (Wildman–Crippen MR) is 98.0 cm³/mol. The van der Waals surface area contributed by atoms with Crippen LogP contribution in [-0.2, 0) is 12.8 Å². The maximum atomic E-state index is 12.8. The molecule has 2 rings (SSSR count). The van der Waals surface area contributed by atoms with E-state index in [1.54, 1.807) is 18.3 Å². The molecule has 3 N–H and O–H groups in total. The molecule has 6 heteroatoms. The van der Waals surface area contributed by atoms with Crippen molar-refractivity contribution in [3.05, 3.63) is 65.7 Å². The minimum absolute atomic E-state index is 0. The smallest absolute Gasteiger partial charge is 0.188 e. The first-order valence-corrected chi connectivity index (χ1v) is 6.92. The van der Waals surface area contributed by atoms with Gasteiger partial charge in [0.05, 0.1) is 0 Å². The molecule has 22 heavy (non-hydrogen) atoms. The van der Waals surface area contributed by atoms with Gasteiger partial charge < -0.3 is 11.1 Å². The Morgan fingerprint density at radius 1 is 1.14 bits per heavy atom. The van der Waals surface area contributed by atoms with Gasteiger partial charge in [0, 0.05) is 31.4 Å². The lowest BCUT2D eigenvalue weighted by atomic mass is 10.1. The second-order valence-electron chi connectivity index (χ2n) is 4.64.